The Balaban J connectivity index is 1.69. The lowest BCUT2D eigenvalue weighted by molar-refractivity contribution is -0.384. The van der Waals surface area contributed by atoms with E-state index < -0.39 is 4.92 Å². The van der Waals surface area contributed by atoms with Gasteiger partial charge < -0.3 is 14.6 Å². The van der Waals surface area contributed by atoms with Crippen LogP contribution in [0.5, 0.6) is 0 Å². The van der Waals surface area contributed by atoms with Crippen LogP contribution in [0.25, 0.3) is 11.0 Å². The zero-order valence-corrected chi connectivity index (χ0v) is 13.7. The van der Waals surface area contributed by atoms with Crippen LogP contribution in [0.15, 0.2) is 28.7 Å². The highest BCUT2D eigenvalue weighted by Crippen LogP contribution is 2.26. The molecule has 1 aromatic heterocycles. The number of furan rings is 1. The van der Waals surface area contributed by atoms with E-state index >= 15 is 0 Å². The lowest BCUT2D eigenvalue weighted by atomic mass is 9.93. The molecule has 7 heteroatoms. The standard InChI is InChI=1S/C17H21N3O4/c1-18-7-4-12-5-8-19(9-6-12)17(21)16-11-13-10-14(20(22)23)2-3-15(13)24-16/h2-3,10-12,18H,4-9H2,1H3. The monoisotopic (exact) mass is 331 g/mol. The maximum absolute atomic E-state index is 12.6. The predicted molar refractivity (Wildman–Crippen MR) is 90.0 cm³/mol. The van der Waals surface area contributed by atoms with Crippen LogP contribution in [0.4, 0.5) is 5.69 Å². The molecule has 128 valence electrons. The molecule has 1 saturated heterocycles. The number of amides is 1. The average Bonchev–Trinajstić information content (AvgIpc) is 3.02. The molecular formula is C17H21N3O4. The highest BCUT2D eigenvalue weighted by Gasteiger charge is 2.25. The third-order valence-electron chi connectivity index (χ3n) is 4.63. The molecule has 0 atom stereocenters. The van der Waals surface area contributed by atoms with Gasteiger partial charge >= 0.3 is 0 Å². The molecule has 2 heterocycles. The summed E-state index contributed by atoms with van der Waals surface area (Å²) in [5.74, 6) is 0.764. The van der Waals surface area contributed by atoms with E-state index in [1.54, 1.807) is 6.07 Å². The first-order valence-corrected chi connectivity index (χ1v) is 8.20. The van der Waals surface area contributed by atoms with Crippen molar-refractivity contribution in [3.63, 3.8) is 0 Å². The van der Waals surface area contributed by atoms with E-state index in [9.17, 15) is 14.9 Å². The Kier molecular flexibility index (Phi) is 4.80. The van der Waals surface area contributed by atoms with E-state index in [0.29, 0.717) is 16.9 Å². The van der Waals surface area contributed by atoms with Gasteiger partial charge in [-0.25, -0.2) is 0 Å². The summed E-state index contributed by atoms with van der Waals surface area (Å²) in [5, 5.41) is 14.6. The number of hydrogen-bond donors (Lipinski definition) is 1. The minimum atomic E-state index is -0.454. The summed E-state index contributed by atoms with van der Waals surface area (Å²) >= 11 is 0. The van der Waals surface area contributed by atoms with Crippen molar-refractivity contribution in [2.75, 3.05) is 26.7 Å². The first-order valence-electron chi connectivity index (χ1n) is 8.20. The number of nitro benzene ring substituents is 1. The van der Waals surface area contributed by atoms with Crippen molar-refractivity contribution in [2.45, 2.75) is 19.3 Å². The van der Waals surface area contributed by atoms with Crippen molar-refractivity contribution < 1.29 is 14.1 Å². The number of benzene rings is 1. The number of carbonyl (C=O) groups is 1. The van der Waals surface area contributed by atoms with Crippen LogP contribution >= 0.6 is 0 Å². The Morgan fingerprint density at radius 2 is 2.12 bits per heavy atom. The third-order valence-corrected chi connectivity index (χ3v) is 4.63. The van der Waals surface area contributed by atoms with Crippen LogP contribution in [0, 0.1) is 16.0 Å². The minimum absolute atomic E-state index is 0.00681. The molecule has 1 aliphatic rings. The van der Waals surface area contributed by atoms with Crippen molar-refractivity contribution in [1.82, 2.24) is 10.2 Å². The number of hydrogen-bond acceptors (Lipinski definition) is 5. The van der Waals surface area contributed by atoms with Gasteiger partial charge in [-0.05, 0) is 50.9 Å². The molecule has 24 heavy (non-hydrogen) atoms. The van der Waals surface area contributed by atoms with E-state index in [-0.39, 0.29) is 17.4 Å². The van der Waals surface area contributed by atoms with E-state index in [1.807, 2.05) is 11.9 Å². The molecule has 1 N–H and O–H groups in total. The Hall–Kier alpha value is -2.41. The quantitative estimate of drug-likeness (QED) is 0.672. The van der Waals surface area contributed by atoms with Gasteiger partial charge in [0.1, 0.15) is 5.58 Å². The number of fused-ring (bicyclic) bond motifs is 1. The van der Waals surface area contributed by atoms with E-state index in [1.165, 1.54) is 18.2 Å². The number of rotatable bonds is 5. The van der Waals surface area contributed by atoms with Gasteiger partial charge in [0.2, 0.25) is 0 Å². The summed E-state index contributed by atoms with van der Waals surface area (Å²) in [6.45, 7) is 2.45. The summed E-state index contributed by atoms with van der Waals surface area (Å²) < 4.78 is 5.59. The van der Waals surface area contributed by atoms with E-state index in [0.717, 1.165) is 38.9 Å². The Morgan fingerprint density at radius 3 is 2.79 bits per heavy atom. The first kappa shape index (κ1) is 16.4. The lowest BCUT2D eigenvalue weighted by Crippen LogP contribution is -2.38. The molecule has 0 spiro atoms. The molecule has 1 fully saturated rings. The highest BCUT2D eigenvalue weighted by molar-refractivity contribution is 5.96. The molecule has 7 nitrogen and oxygen atoms in total. The van der Waals surface area contributed by atoms with Gasteiger partial charge in [0.05, 0.1) is 4.92 Å². The van der Waals surface area contributed by atoms with Gasteiger partial charge in [-0.1, -0.05) is 0 Å². The van der Waals surface area contributed by atoms with Crippen molar-refractivity contribution in [3.8, 4) is 0 Å². The van der Waals surface area contributed by atoms with Gasteiger partial charge in [-0.3, -0.25) is 14.9 Å². The van der Waals surface area contributed by atoms with Crippen molar-refractivity contribution in [1.29, 1.82) is 0 Å². The van der Waals surface area contributed by atoms with Crippen LogP contribution in [-0.4, -0.2) is 42.4 Å². The largest absolute Gasteiger partial charge is 0.451 e. The van der Waals surface area contributed by atoms with Crippen LogP contribution in [0.1, 0.15) is 29.8 Å². The smallest absolute Gasteiger partial charge is 0.289 e. The number of nitrogens with one attached hydrogen (secondary N) is 1. The van der Waals surface area contributed by atoms with Crippen LogP contribution < -0.4 is 5.32 Å². The third kappa shape index (κ3) is 3.41. The second-order valence-corrected chi connectivity index (χ2v) is 6.22. The predicted octanol–water partition coefficient (Wildman–Crippen LogP) is 2.80. The van der Waals surface area contributed by atoms with E-state index in [2.05, 4.69) is 5.32 Å². The highest BCUT2D eigenvalue weighted by atomic mass is 16.6. The number of non-ortho nitro benzene ring substituents is 1. The second kappa shape index (κ2) is 7.00. The minimum Gasteiger partial charge on any atom is -0.451 e. The molecule has 2 aromatic rings. The summed E-state index contributed by atoms with van der Waals surface area (Å²) in [4.78, 5) is 24.8. The molecule has 1 aromatic carbocycles. The molecule has 0 bridgehead atoms. The summed E-state index contributed by atoms with van der Waals surface area (Å²) in [5.41, 5.74) is 0.487. The Morgan fingerprint density at radius 1 is 1.38 bits per heavy atom. The Labute approximate surface area is 139 Å². The summed E-state index contributed by atoms with van der Waals surface area (Å²) in [6, 6.07) is 5.94. The van der Waals surface area contributed by atoms with Crippen molar-refractivity contribution in [3.05, 3.63) is 40.1 Å². The van der Waals surface area contributed by atoms with Crippen LogP contribution in [-0.2, 0) is 0 Å². The second-order valence-electron chi connectivity index (χ2n) is 6.22. The zero-order chi connectivity index (χ0) is 17.1. The average molecular weight is 331 g/mol. The number of piperidine rings is 1. The SMILES string of the molecule is CNCCC1CCN(C(=O)c2cc3cc([N+](=O)[O-])ccc3o2)CC1. The number of likely N-dealkylation sites (tertiary alicyclic amines) is 1. The zero-order valence-electron chi connectivity index (χ0n) is 13.7. The molecule has 1 amide bonds. The maximum atomic E-state index is 12.6. The molecule has 0 aliphatic carbocycles. The fraction of sp³-hybridized carbons (Fsp3) is 0.471. The number of carbonyl (C=O) groups excluding carboxylic acids is 1. The molecule has 1 aliphatic heterocycles. The van der Waals surface area contributed by atoms with Crippen LogP contribution in [0.3, 0.4) is 0 Å². The molecule has 0 unspecified atom stereocenters. The summed E-state index contributed by atoms with van der Waals surface area (Å²) in [6.07, 6.45) is 3.13. The van der Waals surface area contributed by atoms with E-state index in [4.69, 9.17) is 4.42 Å². The molecule has 0 saturated carbocycles. The lowest BCUT2D eigenvalue weighted by Gasteiger charge is -2.31. The summed E-state index contributed by atoms with van der Waals surface area (Å²) in [7, 11) is 1.95. The van der Waals surface area contributed by atoms with Gasteiger partial charge in [0, 0.05) is 30.6 Å². The topological polar surface area (TPSA) is 88.6 Å². The van der Waals surface area contributed by atoms with Gasteiger partial charge in [-0.2, -0.15) is 0 Å². The Bertz CT molecular complexity index is 747. The van der Waals surface area contributed by atoms with Gasteiger partial charge in [0.25, 0.3) is 11.6 Å². The fourth-order valence-electron chi connectivity index (χ4n) is 3.18. The molecular weight excluding hydrogens is 310 g/mol. The van der Waals surface area contributed by atoms with Gasteiger partial charge in [0.15, 0.2) is 5.76 Å². The number of nitro groups is 1. The maximum Gasteiger partial charge on any atom is 0.289 e. The molecule has 3 rings (SSSR count). The first-order chi connectivity index (χ1) is 11.6. The van der Waals surface area contributed by atoms with Gasteiger partial charge in [-0.15, -0.1) is 0 Å². The van der Waals surface area contributed by atoms with Crippen LogP contribution in [0.2, 0.25) is 0 Å². The normalized spacial score (nSPS) is 15.8. The number of nitrogens with zero attached hydrogens (tertiary/aromatic N) is 2. The molecule has 0 radical (unpaired) electrons. The van der Waals surface area contributed by atoms with Crippen molar-refractivity contribution >= 4 is 22.6 Å². The van der Waals surface area contributed by atoms with Crippen molar-refractivity contribution in [2.24, 2.45) is 5.92 Å². The fourth-order valence-corrected chi connectivity index (χ4v) is 3.18.